The summed E-state index contributed by atoms with van der Waals surface area (Å²) in [5.41, 5.74) is 4.27. The number of allylic oxidation sites excluding steroid dienone is 1. The predicted octanol–water partition coefficient (Wildman–Crippen LogP) is 5.25. The molecule has 0 saturated heterocycles. The summed E-state index contributed by atoms with van der Waals surface area (Å²) in [4.78, 5) is 15.3. The number of fused-ring (bicyclic) bond motifs is 3. The van der Waals surface area contributed by atoms with Crippen molar-refractivity contribution in [1.82, 2.24) is 4.72 Å². The van der Waals surface area contributed by atoms with Crippen molar-refractivity contribution in [3.05, 3.63) is 69.8 Å². The lowest BCUT2D eigenvalue weighted by atomic mass is 9.70. The predicted molar refractivity (Wildman–Crippen MR) is 154 cm³/mol. The Balaban J connectivity index is 1.52. The molecule has 2 aromatic rings. The molecule has 1 aliphatic carbocycles. The van der Waals surface area contributed by atoms with Gasteiger partial charge in [0.05, 0.1) is 17.5 Å². The van der Waals surface area contributed by atoms with Gasteiger partial charge in [-0.05, 0) is 105 Å². The molecule has 7 nitrogen and oxygen atoms in total. The van der Waals surface area contributed by atoms with E-state index in [0.29, 0.717) is 36.1 Å². The lowest BCUT2D eigenvalue weighted by Gasteiger charge is -2.42. The van der Waals surface area contributed by atoms with E-state index < -0.39 is 22.0 Å². The zero-order chi connectivity index (χ0) is 27.6. The molecule has 1 amide bonds. The number of rotatable bonds is 0. The van der Waals surface area contributed by atoms with Crippen LogP contribution in [0.3, 0.4) is 0 Å². The summed E-state index contributed by atoms with van der Waals surface area (Å²) in [5, 5.41) is 11.7. The first-order chi connectivity index (χ1) is 18.7. The van der Waals surface area contributed by atoms with Crippen molar-refractivity contribution < 1.29 is 23.1 Å². The first-order valence-corrected chi connectivity index (χ1v) is 15.9. The van der Waals surface area contributed by atoms with Crippen LogP contribution >= 0.6 is 11.6 Å². The number of amides is 1. The quantitative estimate of drug-likeness (QED) is 0.419. The number of nitrogens with one attached hydrogen (secondary N) is 1. The Hall–Kier alpha value is -2.55. The third-order valence-electron chi connectivity index (χ3n) is 8.29. The van der Waals surface area contributed by atoms with Crippen LogP contribution in [0.15, 0.2) is 48.0 Å². The van der Waals surface area contributed by atoms with Crippen LogP contribution in [-0.2, 0) is 23.1 Å². The summed E-state index contributed by atoms with van der Waals surface area (Å²) in [5.74, 6) is 0.310. The smallest absolute Gasteiger partial charge is 0.264 e. The number of hydrogen-bond acceptors (Lipinski definition) is 6. The van der Waals surface area contributed by atoms with Crippen LogP contribution < -0.4 is 14.4 Å². The number of aliphatic hydroxyl groups excluding tert-OH is 1. The van der Waals surface area contributed by atoms with E-state index in [4.69, 9.17) is 16.3 Å². The number of ether oxygens (including phenoxy) is 1. The zero-order valence-corrected chi connectivity index (χ0v) is 23.9. The molecule has 0 unspecified atom stereocenters. The standard InChI is InChI=1S/C30H37ClN2O5S/c1-20-5-4-14-39(36,37)32-30(35)22-9-12-29-27(17-22)33(18-23-8-11-26(23)28(34)15-20)13-3-2-6-21-16-25(31)10-7-24(21)19-38-29/h7,9-10,12,15-17,23,26,28,34H,2-6,8,11,13-14,18-19H2,1H3,(H,32,35)/b20-15+/t23-,26+,28-/m0/s1. The fraction of sp³-hybridized carbons (Fsp3) is 0.500. The molecule has 2 aromatic carbocycles. The van der Waals surface area contributed by atoms with E-state index >= 15 is 0 Å². The summed E-state index contributed by atoms with van der Waals surface area (Å²) in [6.07, 6.45) is 7.04. The Kier molecular flexibility index (Phi) is 8.55. The van der Waals surface area contributed by atoms with Crippen molar-refractivity contribution in [2.45, 2.75) is 64.6 Å². The van der Waals surface area contributed by atoms with Gasteiger partial charge in [-0.25, -0.2) is 13.1 Å². The van der Waals surface area contributed by atoms with E-state index in [1.807, 2.05) is 31.2 Å². The van der Waals surface area contributed by atoms with E-state index in [1.165, 1.54) is 5.56 Å². The number of aryl methyl sites for hydroxylation is 1. The number of anilines is 1. The van der Waals surface area contributed by atoms with Gasteiger partial charge in [-0.2, -0.15) is 0 Å². The molecule has 39 heavy (non-hydrogen) atoms. The number of halogens is 1. The minimum absolute atomic E-state index is 0.150. The SMILES string of the molecule is C/C1=C\[C@H](O)[C@@H]2CC[C@H]2CN2CCCCc3cc(Cl)ccc3COc3ccc(cc32)C(=O)NS(=O)(=O)CCC1. The number of carbonyl (C=O) groups excluding carboxylic acids is 1. The molecule has 1 fully saturated rings. The summed E-state index contributed by atoms with van der Waals surface area (Å²) in [7, 11) is -3.80. The molecule has 2 aliphatic heterocycles. The monoisotopic (exact) mass is 572 g/mol. The van der Waals surface area contributed by atoms with Crippen LogP contribution in [0.1, 0.15) is 66.9 Å². The Morgan fingerprint density at radius 2 is 1.90 bits per heavy atom. The normalized spacial score (nSPS) is 27.3. The Labute approximate surface area is 236 Å². The van der Waals surface area contributed by atoms with Crippen molar-refractivity contribution in [3.63, 3.8) is 0 Å². The summed E-state index contributed by atoms with van der Waals surface area (Å²) in [6, 6.07) is 11.0. The second kappa shape index (κ2) is 11.9. The minimum atomic E-state index is -3.80. The van der Waals surface area contributed by atoms with Gasteiger partial charge in [0.25, 0.3) is 5.91 Å². The average Bonchev–Trinajstić information content (AvgIpc) is 2.88. The second-order valence-corrected chi connectivity index (χ2v) is 13.4. The highest BCUT2D eigenvalue weighted by atomic mass is 35.5. The van der Waals surface area contributed by atoms with Crippen molar-refractivity contribution in [2.24, 2.45) is 11.8 Å². The molecule has 3 atom stereocenters. The van der Waals surface area contributed by atoms with Crippen molar-refractivity contribution >= 4 is 33.2 Å². The third kappa shape index (κ3) is 6.79. The molecule has 2 N–H and O–H groups in total. The average molecular weight is 573 g/mol. The molecule has 3 aliphatic rings. The number of nitrogens with zero attached hydrogens (tertiary/aromatic N) is 1. The van der Waals surface area contributed by atoms with E-state index in [1.54, 1.807) is 18.2 Å². The maximum Gasteiger partial charge on any atom is 0.264 e. The van der Waals surface area contributed by atoms with E-state index in [-0.39, 0.29) is 17.2 Å². The van der Waals surface area contributed by atoms with Crippen molar-refractivity contribution in [1.29, 1.82) is 0 Å². The topological polar surface area (TPSA) is 95.9 Å². The van der Waals surface area contributed by atoms with Gasteiger partial charge in [0.1, 0.15) is 12.4 Å². The molecule has 5 rings (SSSR count). The summed E-state index contributed by atoms with van der Waals surface area (Å²) in [6.45, 7) is 3.78. The van der Waals surface area contributed by atoms with Gasteiger partial charge in [-0.3, -0.25) is 4.79 Å². The maximum absolute atomic E-state index is 13.1. The molecular weight excluding hydrogens is 536 g/mol. The van der Waals surface area contributed by atoms with Gasteiger partial charge in [-0.1, -0.05) is 29.3 Å². The second-order valence-electron chi connectivity index (χ2n) is 11.1. The largest absolute Gasteiger partial charge is 0.487 e. The van der Waals surface area contributed by atoms with Gasteiger partial charge in [0, 0.05) is 23.7 Å². The van der Waals surface area contributed by atoms with Gasteiger partial charge in [0.2, 0.25) is 10.0 Å². The van der Waals surface area contributed by atoms with Crippen LogP contribution in [0.25, 0.3) is 0 Å². The number of aliphatic hydroxyl groups is 1. The molecule has 9 heteroatoms. The molecule has 210 valence electrons. The Bertz CT molecular complexity index is 1360. The van der Waals surface area contributed by atoms with E-state index in [9.17, 15) is 18.3 Å². The summed E-state index contributed by atoms with van der Waals surface area (Å²) >= 11 is 6.28. The fourth-order valence-electron chi connectivity index (χ4n) is 5.92. The Morgan fingerprint density at radius 1 is 1.05 bits per heavy atom. The van der Waals surface area contributed by atoms with Crippen LogP contribution in [0, 0.1) is 11.8 Å². The molecular formula is C30H37ClN2O5S. The lowest BCUT2D eigenvalue weighted by Crippen LogP contribution is -2.43. The van der Waals surface area contributed by atoms with Crippen molar-refractivity contribution in [2.75, 3.05) is 23.7 Å². The fourth-order valence-corrected chi connectivity index (χ4v) is 7.15. The van der Waals surface area contributed by atoms with E-state index in [2.05, 4.69) is 9.62 Å². The number of carbonyl (C=O) groups is 1. The first kappa shape index (κ1) is 28.0. The highest BCUT2D eigenvalue weighted by Gasteiger charge is 2.37. The van der Waals surface area contributed by atoms with Gasteiger partial charge >= 0.3 is 0 Å². The molecule has 1 saturated carbocycles. The Morgan fingerprint density at radius 3 is 2.69 bits per heavy atom. The number of hydrogen-bond donors (Lipinski definition) is 2. The van der Waals surface area contributed by atoms with Crippen LogP contribution in [0.4, 0.5) is 5.69 Å². The van der Waals surface area contributed by atoms with Gasteiger partial charge in [-0.15, -0.1) is 0 Å². The highest BCUT2D eigenvalue weighted by molar-refractivity contribution is 7.90. The van der Waals surface area contributed by atoms with Crippen LogP contribution in [0.2, 0.25) is 5.02 Å². The molecule has 2 bridgehead atoms. The van der Waals surface area contributed by atoms with Gasteiger partial charge < -0.3 is 14.7 Å². The molecule has 0 spiro atoms. The zero-order valence-electron chi connectivity index (χ0n) is 22.4. The van der Waals surface area contributed by atoms with Crippen LogP contribution in [-0.4, -0.2) is 44.4 Å². The number of benzene rings is 2. The molecule has 2 heterocycles. The van der Waals surface area contributed by atoms with Crippen molar-refractivity contribution in [3.8, 4) is 5.75 Å². The van der Waals surface area contributed by atoms with Gasteiger partial charge in [0.15, 0.2) is 0 Å². The van der Waals surface area contributed by atoms with Crippen LogP contribution in [0.5, 0.6) is 5.75 Å². The maximum atomic E-state index is 13.1. The molecule has 0 radical (unpaired) electrons. The summed E-state index contributed by atoms with van der Waals surface area (Å²) < 4.78 is 33.9. The molecule has 0 aromatic heterocycles. The van der Waals surface area contributed by atoms with E-state index in [0.717, 1.165) is 62.0 Å². The first-order valence-electron chi connectivity index (χ1n) is 13.9. The number of sulfonamides is 1. The highest BCUT2D eigenvalue weighted by Crippen LogP contribution is 2.41. The minimum Gasteiger partial charge on any atom is -0.487 e. The lowest BCUT2D eigenvalue weighted by molar-refractivity contribution is 0.0457. The third-order valence-corrected chi connectivity index (χ3v) is 9.85.